The van der Waals surface area contributed by atoms with E-state index in [0.717, 1.165) is 55.0 Å². The first-order valence-electron chi connectivity index (χ1n) is 12.9. The monoisotopic (exact) mass is 499 g/mol. The molecule has 0 saturated carbocycles. The predicted molar refractivity (Wildman–Crippen MR) is 139 cm³/mol. The maximum atomic E-state index is 13.7. The van der Waals surface area contributed by atoms with Gasteiger partial charge in [0.1, 0.15) is 24.9 Å². The third-order valence-corrected chi connectivity index (χ3v) is 8.12. The molecule has 0 spiro atoms. The summed E-state index contributed by atoms with van der Waals surface area (Å²) in [5.41, 5.74) is 3.45. The minimum absolute atomic E-state index is 0.163. The Balaban J connectivity index is 1.26. The van der Waals surface area contributed by atoms with Crippen LogP contribution in [0.1, 0.15) is 34.3 Å². The first kappa shape index (κ1) is 23.7. The lowest BCUT2D eigenvalue weighted by atomic mass is 9.81. The molecule has 3 aromatic carbocycles. The number of ether oxygens (including phenoxy) is 3. The molecule has 0 aromatic heterocycles. The fraction of sp³-hybridized carbons (Fsp3) is 0.333. The van der Waals surface area contributed by atoms with Crippen molar-refractivity contribution in [3.8, 4) is 11.5 Å². The van der Waals surface area contributed by atoms with E-state index in [0.29, 0.717) is 30.4 Å². The topological polar surface area (TPSA) is 65.1 Å². The van der Waals surface area contributed by atoms with E-state index in [2.05, 4.69) is 17.0 Å². The molecule has 0 aliphatic carbocycles. The van der Waals surface area contributed by atoms with Gasteiger partial charge in [0, 0.05) is 17.5 Å². The molecule has 0 N–H and O–H groups in total. The largest absolute Gasteiger partial charge is 0.527 e. The smallest absolute Gasteiger partial charge is 0.489 e. The number of rotatable bonds is 7. The van der Waals surface area contributed by atoms with Gasteiger partial charge < -0.3 is 14.2 Å². The molecule has 4 heterocycles. The van der Waals surface area contributed by atoms with Crippen LogP contribution < -0.4 is 14.0 Å². The van der Waals surface area contributed by atoms with E-state index < -0.39 is 0 Å². The van der Waals surface area contributed by atoms with Crippen molar-refractivity contribution in [1.29, 1.82) is 0 Å². The summed E-state index contributed by atoms with van der Waals surface area (Å²) in [7, 11) is 1.37. The number of amides is 1. The molecule has 3 fully saturated rings. The van der Waals surface area contributed by atoms with Crippen LogP contribution in [0, 0.1) is 5.92 Å². The number of esters is 1. The van der Waals surface area contributed by atoms with Gasteiger partial charge in [-0.2, -0.15) is 9.28 Å². The van der Waals surface area contributed by atoms with Crippen molar-refractivity contribution in [2.24, 2.45) is 5.92 Å². The molecule has 4 aliphatic heterocycles. The Morgan fingerprint density at radius 3 is 2.51 bits per heavy atom. The molecule has 7 rings (SSSR count). The lowest BCUT2D eigenvalue weighted by molar-refractivity contribution is 0.0188. The van der Waals surface area contributed by atoms with E-state index in [1.165, 1.54) is 7.11 Å². The second-order valence-electron chi connectivity index (χ2n) is 10.2. The normalized spacial score (nSPS) is 25.9. The molecule has 190 valence electrons. The minimum atomic E-state index is -0.359. The number of methoxy groups -OCH3 is 1. The Morgan fingerprint density at radius 1 is 1.00 bits per heavy atom. The first-order valence-corrected chi connectivity index (χ1v) is 12.9. The Morgan fingerprint density at radius 2 is 1.78 bits per heavy atom. The summed E-state index contributed by atoms with van der Waals surface area (Å²) in [4.78, 5) is 27.9. The molecule has 7 nitrogen and oxygen atoms in total. The van der Waals surface area contributed by atoms with E-state index in [1.807, 2.05) is 48.5 Å². The number of para-hydroxylation sites is 2. The highest BCUT2D eigenvalue weighted by Crippen LogP contribution is 2.48. The minimum Gasteiger partial charge on any atom is -0.489 e. The van der Waals surface area contributed by atoms with Crippen molar-refractivity contribution in [3.05, 3.63) is 89.5 Å². The van der Waals surface area contributed by atoms with Crippen LogP contribution in [0.25, 0.3) is 0 Å². The standard InChI is InChI=1S/C30H31N2O5/c1-35-29(33)24-11-9-21(10-12-24)20-36-25-6-4-5-22(17-25)19-32(27-18-31-15-13-23(27)14-16-31)26-7-2-3-8-28(26)37-30(32)34/h2-12,17,23,27H,13-16,18-20H2,1H3/q+1/t27-,32?/m0/s1. The van der Waals surface area contributed by atoms with E-state index in [4.69, 9.17) is 14.2 Å². The zero-order valence-corrected chi connectivity index (χ0v) is 21.0. The summed E-state index contributed by atoms with van der Waals surface area (Å²) in [6.07, 6.45) is 2.06. The molecule has 37 heavy (non-hydrogen) atoms. The highest BCUT2D eigenvalue weighted by molar-refractivity contribution is 5.92. The summed E-state index contributed by atoms with van der Waals surface area (Å²) in [6.45, 7) is 4.03. The van der Waals surface area contributed by atoms with Crippen LogP contribution in [0.2, 0.25) is 0 Å². The van der Waals surface area contributed by atoms with Crippen LogP contribution in [0.5, 0.6) is 11.5 Å². The maximum Gasteiger partial charge on any atom is 0.527 e. The van der Waals surface area contributed by atoms with Gasteiger partial charge in [0.05, 0.1) is 19.2 Å². The molecule has 3 aromatic rings. The Labute approximate surface area is 216 Å². The van der Waals surface area contributed by atoms with Gasteiger partial charge >= 0.3 is 12.1 Å². The molecule has 1 amide bonds. The van der Waals surface area contributed by atoms with E-state index in [9.17, 15) is 9.59 Å². The molecule has 2 bridgehead atoms. The molecule has 1 unspecified atom stereocenters. The van der Waals surface area contributed by atoms with Gasteiger partial charge in [-0.15, -0.1) is 0 Å². The number of fused-ring (bicyclic) bond motifs is 4. The molecule has 4 aliphatic rings. The Hall–Kier alpha value is -3.68. The van der Waals surface area contributed by atoms with Crippen molar-refractivity contribution < 1.29 is 23.8 Å². The van der Waals surface area contributed by atoms with Crippen LogP contribution >= 0.6 is 0 Å². The summed E-state index contributed by atoms with van der Waals surface area (Å²) in [5, 5.41) is 0. The van der Waals surface area contributed by atoms with Gasteiger partial charge in [0.2, 0.25) is 0 Å². The number of benzene rings is 3. The Kier molecular flexibility index (Phi) is 6.18. The van der Waals surface area contributed by atoms with Gasteiger partial charge in [-0.05, 0) is 61.8 Å². The van der Waals surface area contributed by atoms with Crippen LogP contribution in [0.15, 0.2) is 72.8 Å². The summed E-state index contributed by atoms with van der Waals surface area (Å²) < 4.78 is 16.9. The van der Waals surface area contributed by atoms with E-state index >= 15 is 0 Å². The number of carbonyl (C=O) groups excluding carboxylic acids is 2. The molecule has 0 radical (unpaired) electrons. The average molecular weight is 500 g/mol. The third kappa shape index (κ3) is 4.28. The van der Waals surface area contributed by atoms with Crippen molar-refractivity contribution in [2.75, 3.05) is 26.7 Å². The first-order chi connectivity index (χ1) is 18.1. The average Bonchev–Trinajstić information content (AvgIpc) is 3.24. The van der Waals surface area contributed by atoms with Crippen LogP contribution in [0.3, 0.4) is 0 Å². The second-order valence-corrected chi connectivity index (χ2v) is 10.2. The van der Waals surface area contributed by atoms with E-state index in [1.54, 1.807) is 12.1 Å². The highest BCUT2D eigenvalue weighted by atomic mass is 16.6. The van der Waals surface area contributed by atoms with E-state index in [-0.39, 0.29) is 22.6 Å². The van der Waals surface area contributed by atoms with Crippen molar-refractivity contribution in [2.45, 2.75) is 32.0 Å². The van der Waals surface area contributed by atoms with Crippen LogP contribution in [-0.2, 0) is 17.9 Å². The molecular formula is C30H31N2O5+. The lowest BCUT2D eigenvalue weighted by Gasteiger charge is -2.50. The lowest BCUT2D eigenvalue weighted by Crippen LogP contribution is -2.68. The Bertz CT molecular complexity index is 1320. The molecular weight excluding hydrogens is 468 g/mol. The molecule has 2 atom stereocenters. The van der Waals surface area contributed by atoms with Crippen molar-refractivity contribution in [3.63, 3.8) is 0 Å². The van der Waals surface area contributed by atoms with Gasteiger partial charge in [-0.1, -0.05) is 36.4 Å². The summed E-state index contributed by atoms with van der Waals surface area (Å²) in [5.74, 6) is 1.55. The fourth-order valence-corrected chi connectivity index (χ4v) is 6.20. The number of quaternary nitrogens is 1. The quantitative estimate of drug-likeness (QED) is 0.330. The number of nitrogens with zero attached hydrogens (tertiary/aromatic N) is 2. The van der Waals surface area contributed by atoms with Crippen molar-refractivity contribution >= 4 is 17.7 Å². The second kappa shape index (κ2) is 9.65. The molecule has 3 saturated heterocycles. The zero-order valence-electron chi connectivity index (χ0n) is 21.0. The zero-order chi connectivity index (χ0) is 25.4. The predicted octanol–water partition coefficient (Wildman–Crippen LogP) is 5.17. The SMILES string of the molecule is COC(=O)c1ccc(COc2cccc(C[N+]3([C@H]4CN5CCC4CC5)C(=O)Oc4ccccc43)c2)cc1. The fourth-order valence-electron chi connectivity index (χ4n) is 6.20. The number of hydrogen-bond donors (Lipinski definition) is 0. The highest BCUT2D eigenvalue weighted by Gasteiger charge is 2.59. The van der Waals surface area contributed by atoms with Gasteiger partial charge in [-0.25, -0.2) is 4.79 Å². The van der Waals surface area contributed by atoms with Gasteiger partial charge in [0.25, 0.3) is 0 Å². The number of hydrogen-bond acceptors (Lipinski definition) is 6. The van der Waals surface area contributed by atoms with Crippen LogP contribution in [0.4, 0.5) is 10.5 Å². The number of carbonyl (C=O) groups is 2. The number of piperidine rings is 3. The summed E-state index contributed by atoms with van der Waals surface area (Å²) >= 11 is 0. The summed E-state index contributed by atoms with van der Waals surface area (Å²) in [6, 6.07) is 23.2. The van der Waals surface area contributed by atoms with Gasteiger partial charge in [-0.3, -0.25) is 4.90 Å². The molecule has 7 heteroatoms. The third-order valence-electron chi connectivity index (χ3n) is 8.12. The van der Waals surface area contributed by atoms with Crippen molar-refractivity contribution in [1.82, 2.24) is 9.38 Å². The maximum absolute atomic E-state index is 13.7. The van der Waals surface area contributed by atoms with Gasteiger partial charge in [0.15, 0.2) is 11.4 Å². The van der Waals surface area contributed by atoms with Crippen LogP contribution in [-0.4, -0.2) is 49.7 Å².